The van der Waals surface area contributed by atoms with Gasteiger partial charge in [-0.2, -0.15) is 0 Å². The van der Waals surface area contributed by atoms with Crippen molar-refractivity contribution in [2.45, 2.75) is 12.8 Å². The predicted octanol–water partition coefficient (Wildman–Crippen LogP) is 3.03. The minimum absolute atomic E-state index is 0.00633. The van der Waals surface area contributed by atoms with Crippen LogP contribution in [0.25, 0.3) is 22.2 Å². The van der Waals surface area contributed by atoms with Crippen LogP contribution in [-0.2, 0) is 4.79 Å². The number of pyridine rings is 1. The van der Waals surface area contributed by atoms with E-state index in [4.69, 9.17) is 4.42 Å². The van der Waals surface area contributed by atoms with E-state index in [2.05, 4.69) is 4.98 Å². The SMILES string of the molecule is O=C1CCCN1c1oc(-c2cnc3ccccc3c2)c(O)c1O. The van der Waals surface area contributed by atoms with E-state index in [1.165, 1.54) is 4.90 Å². The molecule has 2 aromatic heterocycles. The average molecular weight is 310 g/mol. The minimum Gasteiger partial charge on any atom is -0.502 e. The number of nitrogens with zero attached hydrogens (tertiary/aromatic N) is 2. The van der Waals surface area contributed by atoms with Crippen LogP contribution in [0.3, 0.4) is 0 Å². The molecule has 6 nitrogen and oxygen atoms in total. The normalized spacial score (nSPS) is 14.8. The number of rotatable bonds is 2. The van der Waals surface area contributed by atoms with E-state index in [1.54, 1.807) is 6.20 Å². The maximum absolute atomic E-state index is 11.8. The Morgan fingerprint density at radius 1 is 1.17 bits per heavy atom. The first-order valence-electron chi connectivity index (χ1n) is 7.35. The fourth-order valence-corrected chi connectivity index (χ4v) is 2.84. The molecular formula is C17H14N2O4. The third-order valence-electron chi connectivity index (χ3n) is 4.01. The first-order valence-corrected chi connectivity index (χ1v) is 7.35. The molecule has 0 spiro atoms. The second-order valence-electron chi connectivity index (χ2n) is 5.50. The highest BCUT2D eigenvalue weighted by Gasteiger charge is 2.31. The quantitative estimate of drug-likeness (QED) is 0.759. The molecular weight excluding hydrogens is 296 g/mol. The van der Waals surface area contributed by atoms with Gasteiger partial charge in [0.25, 0.3) is 0 Å². The molecule has 1 aromatic carbocycles. The Bertz CT molecular complexity index is 916. The second-order valence-corrected chi connectivity index (χ2v) is 5.50. The van der Waals surface area contributed by atoms with Gasteiger partial charge in [0, 0.05) is 30.1 Å². The molecule has 23 heavy (non-hydrogen) atoms. The largest absolute Gasteiger partial charge is 0.502 e. The summed E-state index contributed by atoms with van der Waals surface area (Å²) in [4.78, 5) is 17.5. The van der Waals surface area contributed by atoms with E-state index in [0.717, 1.165) is 10.9 Å². The van der Waals surface area contributed by atoms with Crippen LogP contribution in [0.4, 0.5) is 5.88 Å². The van der Waals surface area contributed by atoms with Gasteiger partial charge in [0.2, 0.25) is 23.3 Å². The Balaban J connectivity index is 1.83. The zero-order valence-electron chi connectivity index (χ0n) is 12.2. The molecule has 1 aliphatic rings. The van der Waals surface area contributed by atoms with E-state index in [-0.39, 0.29) is 23.3 Å². The molecule has 116 valence electrons. The molecule has 3 aromatic rings. The zero-order chi connectivity index (χ0) is 16.0. The second kappa shape index (κ2) is 5.01. The van der Waals surface area contributed by atoms with Crippen molar-refractivity contribution < 1.29 is 19.4 Å². The van der Waals surface area contributed by atoms with Crippen LogP contribution in [-0.4, -0.2) is 27.6 Å². The molecule has 1 aliphatic heterocycles. The molecule has 0 atom stereocenters. The summed E-state index contributed by atoms with van der Waals surface area (Å²) in [7, 11) is 0. The summed E-state index contributed by atoms with van der Waals surface area (Å²) < 4.78 is 5.60. The van der Waals surface area contributed by atoms with Crippen molar-refractivity contribution >= 4 is 22.7 Å². The number of furan rings is 1. The van der Waals surface area contributed by atoms with Crippen LogP contribution < -0.4 is 4.90 Å². The molecule has 4 rings (SSSR count). The summed E-state index contributed by atoms with van der Waals surface area (Å²) in [6, 6.07) is 9.38. The molecule has 1 saturated heterocycles. The molecule has 3 heterocycles. The highest BCUT2D eigenvalue weighted by molar-refractivity contribution is 5.96. The van der Waals surface area contributed by atoms with Crippen LogP contribution >= 0.6 is 0 Å². The van der Waals surface area contributed by atoms with Gasteiger partial charge < -0.3 is 14.6 Å². The van der Waals surface area contributed by atoms with E-state index >= 15 is 0 Å². The van der Waals surface area contributed by atoms with Crippen LogP contribution in [0.2, 0.25) is 0 Å². The zero-order valence-corrected chi connectivity index (χ0v) is 12.2. The monoisotopic (exact) mass is 310 g/mol. The van der Waals surface area contributed by atoms with Gasteiger partial charge in [0.1, 0.15) is 0 Å². The van der Waals surface area contributed by atoms with Crippen molar-refractivity contribution in [2.75, 3.05) is 11.4 Å². The Kier molecular flexibility index (Phi) is 2.97. The molecule has 0 radical (unpaired) electrons. The lowest BCUT2D eigenvalue weighted by Crippen LogP contribution is -2.23. The lowest BCUT2D eigenvalue weighted by molar-refractivity contribution is -0.117. The van der Waals surface area contributed by atoms with Gasteiger partial charge in [-0.25, -0.2) is 0 Å². The Morgan fingerprint density at radius 3 is 2.78 bits per heavy atom. The molecule has 0 aliphatic carbocycles. The summed E-state index contributed by atoms with van der Waals surface area (Å²) in [5.41, 5.74) is 1.36. The first-order chi connectivity index (χ1) is 11.1. The number of carbonyl (C=O) groups is 1. The van der Waals surface area contributed by atoms with Crippen LogP contribution in [0.5, 0.6) is 11.5 Å². The number of para-hydroxylation sites is 1. The van der Waals surface area contributed by atoms with E-state index in [0.29, 0.717) is 24.9 Å². The van der Waals surface area contributed by atoms with Crippen LogP contribution in [0.15, 0.2) is 40.9 Å². The standard InChI is InChI=1S/C17H14N2O4/c20-13-6-3-7-19(13)17-15(22)14(21)16(23-17)11-8-10-4-1-2-5-12(10)18-9-11/h1-2,4-5,8-9,21-22H,3,6-7H2. The minimum atomic E-state index is -0.414. The summed E-state index contributed by atoms with van der Waals surface area (Å²) in [5.74, 6) is -0.818. The highest BCUT2D eigenvalue weighted by atomic mass is 16.4. The number of anilines is 1. The third-order valence-corrected chi connectivity index (χ3v) is 4.01. The maximum atomic E-state index is 11.8. The Morgan fingerprint density at radius 2 is 2.00 bits per heavy atom. The van der Waals surface area contributed by atoms with Crippen molar-refractivity contribution in [1.29, 1.82) is 0 Å². The van der Waals surface area contributed by atoms with Crippen molar-refractivity contribution in [3.8, 4) is 22.8 Å². The van der Waals surface area contributed by atoms with Gasteiger partial charge in [-0.1, -0.05) is 18.2 Å². The van der Waals surface area contributed by atoms with E-state index in [1.807, 2.05) is 30.3 Å². The van der Waals surface area contributed by atoms with Crippen molar-refractivity contribution in [3.05, 3.63) is 36.5 Å². The Labute approximate surface area is 131 Å². The summed E-state index contributed by atoms with van der Waals surface area (Å²) in [6.45, 7) is 0.467. The lowest BCUT2D eigenvalue weighted by Gasteiger charge is -2.11. The van der Waals surface area contributed by atoms with Gasteiger partial charge in [0.15, 0.2) is 5.76 Å². The number of hydrogen-bond acceptors (Lipinski definition) is 5. The molecule has 6 heteroatoms. The summed E-state index contributed by atoms with van der Waals surface area (Å²) in [6.07, 6.45) is 2.68. The van der Waals surface area contributed by atoms with E-state index in [9.17, 15) is 15.0 Å². The highest BCUT2D eigenvalue weighted by Crippen LogP contribution is 2.47. The number of carbonyl (C=O) groups excluding carboxylic acids is 1. The van der Waals surface area contributed by atoms with Crippen molar-refractivity contribution in [3.63, 3.8) is 0 Å². The lowest BCUT2D eigenvalue weighted by atomic mass is 10.1. The maximum Gasteiger partial charge on any atom is 0.249 e. The number of hydrogen-bond donors (Lipinski definition) is 2. The molecule has 2 N–H and O–H groups in total. The molecule has 0 unspecified atom stereocenters. The molecule has 0 saturated carbocycles. The molecule has 1 fully saturated rings. The summed E-state index contributed by atoms with van der Waals surface area (Å²) >= 11 is 0. The number of fused-ring (bicyclic) bond motifs is 1. The topological polar surface area (TPSA) is 86.8 Å². The summed E-state index contributed by atoms with van der Waals surface area (Å²) in [5, 5.41) is 21.2. The number of benzene rings is 1. The van der Waals surface area contributed by atoms with Gasteiger partial charge in [0.05, 0.1) is 5.52 Å². The van der Waals surface area contributed by atoms with Crippen LogP contribution in [0, 0.1) is 0 Å². The molecule has 0 bridgehead atoms. The van der Waals surface area contributed by atoms with Gasteiger partial charge in [-0.15, -0.1) is 0 Å². The smallest absolute Gasteiger partial charge is 0.249 e. The number of aromatic hydroxyl groups is 2. The number of amides is 1. The van der Waals surface area contributed by atoms with Crippen LogP contribution in [0.1, 0.15) is 12.8 Å². The molecule has 1 amide bonds. The Hall–Kier alpha value is -3.02. The first kappa shape index (κ1) is 13.6. The van der Waals surface area contributed by atoms with Gasteiger partial charge >= 0.3 is 0 Å². The number of aromatic nitrogens is 1. The van der Waals surface area contributed by atoms with Gasteiger partial charge in [-0.05, 0) is 18.6 Å². The van der Waals surface area contributed by atoms with Crippen molar-refractivity contribution in [1.82, 2.24) is 4.98 Å². The fraction of sp³-hybridized carbons (Fsp3) is 0.176. The average Bonchev–Trinajstić information content (AvgIpc) is 3.11. The third kappa shape index (κ3) is 2.11. The fourth-order valence-electron chi connectivity index (χ4n) is 2.84. The van der Waals surface area contributed by atoms with Gasteiger partial charge in [-0.3, -0.25) is 14.7 Å². The van der Waals surface area contributed by atoms with E-state index < -0.39 is 5.75 Å². The predicted molar refractivity (Wildman–Crippen MR) is 84.4 cm³/mol. The van der Waals surface area contributed by atoms with Crippen molar-refractivity contribution in [2.24, 2.45) is 0 Å².